The second-order valence-corrected chi connectivity index (χ2v) is 9.97. The first-order valence-electron chi connectivity index (χ1n) is 13.4. The van der Waals surface area contributed by atoms with Crippen LogP contribution in [0.2, 0.25) is 0 Å². The van der Waals surface area contributed by atoms with Gasteiger partial charge >= 0.3 is 12.3 Å². The van der Waals surface area contributed by atoms with Gasteiger partial charge in [0.1, 0.15) is 24.5 Å². The molecule has 12 heteroatoms. The first kappa shape index (κ1) is 28.0. The number of nitrogens with one attached hydrogen (secondary N) is 1. The second-order valence-electron chi connectivity index (χ2n) is 9.97. The molecule has 2 heterocycles. The number of nitriles is 1. The Morgan fingerprint density at radius 3 is 2.61 bits per heavy atom. The Bertz CT molecular complexity index is 1540. The number of hydrogen-bond acceptors (Lipinski definition) is 6. The van der Waals surface area contributed by atoms with Gasteiger partial charge in [0.15, 0.2) is 6.10 Å². The summed E-state index contributed by atoms with van der Waals surface area (Å²) in [4.78, 5) is 15.9. The van der Waals surface area contributed by atoms with E-state index in [1.807, 2.05) is 18.2 Å². The molecule has 4 aromatic rings. The smallest absolute Gasteiger partial charge is 0.425 e. The molecule has 0 bridgehead atoms. The molecular weight excluding hydrogens is 537 g/mol. The van der Waals surface area contributed by atoms with Crippen molar-refractivity contribution in [2.24, 2.45) is 0 Å². The number of nitrogens with zero attached hydrogens (tertiary/aromatic N) is 5. The number of aromatic nitrogens is 4. The number of alkyl halides is 3. The minimum absolute atomic E-state index is 0.226. The molecule has 0 radical (unpaired) electrons. The van der Waals surface area contributed by atoms with Gasteiger partial charge in [-0.15, -0.1) is 0 Å². The van der Waals surface area contributed by atoms with Gasteiger partial charge < -0.3 is 14.0 Å². The Balaban J connectivity index is 1.35. The third-order valence-corrected chi connectivity index (χ3v) is 7.19. The number of fused-ring (bicyclic) bond motifs is 1. The van der Waals surface area contributed by atoms with Crippen LogP contribution in [0.4, 0.5) is 23.7 Å². The van der Waals surface area contributed by atoms with Crippen molar-refractivity contribution in [2.75, 3.05) is 11.9 Å². The van der Waals surface area contributed by atoms with Crippen LogP contribution in [0.1, 0.15) is 50.6 Å². The first-order chi connectivity index (χ1) is 19.7. The van der Waals surface area contributed by atoms with Crippen molar-refractivity contribution in [3.63, 3.8) is 0 Å². The van der Waals surface area contributed by atoms with Crippen molar-refractivity contribution < 1.29 is 27.4 Å². The van der Waals surface area contributed by atoms with E-state index in [9.17, 15) is 23.2 Å². The fraction of sp³-hybridized carbons (Fsp3) is 0.379. The molecule has 9 nitrogen and oxygen atoms in total. The monoisotopic (exact) mass is 566 g/mol. The number of unbranched alkanes of at least 4 members (excludes halogenated alkanes) is 1. The van der Waals surface area contributed by atoms with Gasteiger partial charge in [-0.3, -0.25) is 10.00 Å². The highest BCUT2D eigenvalue weighted by Gasteiger charge is 2.39. The van der Waals surface area contributed by atoms with Crippen LogP contribution >= 0.6 is 0 Å². The molecule has 0 spiro atoms. The maximum Gasteiger partial charge on any atom is 0.425 e. The summed E-state index contributed by atoms with van der Waals surface area (Å²) in [6.07, 6.45) is -0.0721. The number of carbonyl (C=O) groups excluding carboxylic acids is 1. The Labute approximate surface area is 234 Å². The first-order valence-corrected chi connectivity index (χ1v) is 13.4. The SMILES string of the molecule is CC(OC(=O)Nc1ccc(-c2c(C#N)c3ccc(OCCCCn4cncn4)cc3n2C2CCC2)cc1)C(F)(F)F. The minimum Gasteiger partial charge on any atom is -0.494 e. The summed E-state index contributed by atoms with van der Waals surface area (Å²) in [5, 5.41) is 17.4. The summed E-state index contributed by atoms with van der Waals surface area (Å²) in [6.45, 7) is 2.08. The largest absolute Gasteiger partial charge is 0.494 e. The van der Waals surface area contributed by atoms with Crippen molar-refractivity contribution in [3.05, 3.63) is 60.7 Å². The summed E-state index contributed by atoms with van der Waals surface area (Å²) in [5.41, 5.74) is 3.23. The predicted molar refractivity (Wildman–Crippen MR) is 145 cm³/mol. The van der Waals surface area contributed by atoms with Crippen molar-refractivity contribution in [3.8, 4) is 23.1 Å². The van der Waals surface area contributed by atoms with Crippen LogP contribution in [-0.4, -0.2) is 44.3 Å². The molecule has 1 saturated carbocycles. The van der Waals surface area contributed by atoms with E-state index in [2.05, 4.69) is 30.8 Å². The van der Waals surface area contributed by atoms with Crippen molar-refractivity contribution in [1.29, 1.82) is 5.26 Å². The third kappa shape index (κ3) is 6.29. The highest BCUT2D eigenvalue weighted by Crippen LogP contribution is 2.43. The Hall–Kier alpha value is -4.53. The number of hydrogen-bond donors (Lipinski definition) is 1. The molecule has 1 fully saturated rings. The quantitative estimate of drug-likeness (QED) is 0.210. The number of halogens is 3. The molecule has 2 aromatic heterocycles. The number of benzene rings is 2. The van der Waals surface area contributed by atoms with Crippen molar-refractivity contribution in [1.82, 2.24) is 19.3 Å². The van der Waals surface area contributed by atoms with E-state index in [4.69, 9.17) is 4.74 Å². The Morgan fingerprint density at radius 1 is 1.20 bits per heavy atom. The van der Waals surface area contributed by atoms with Gasteiger partial charge in [0.2, 0.25) is 0 Å². The lowest BCUT2D eigenvalue weighted by molar-refractivity contribution is -0.196. The summed E-state index contributed by atoms with van der Waals surface area (Å²) in [7, 11) is 0. The number of amides is 1. The average Bonchev–Trinajstić information content (AvgIpc) is 3.53. The minimum atomic E-state index is -4.65. The lowest BCUT2D eigenvalue weighted by Gasteiger charge is -2.30. The summed E-state index contributed by atoms with van der Waals surface area (Å²) < 4.78 is 52.5. The van der Waals surface area contributed by atoms with Crippen LogP contribution in [-0.2, 0) is 11.3 Å². The van der Waals surface area contributed by atoms with Gasteiger partial charge in [-0.25, -0.2) is 9.78 Å². The lowest BCUT2D eigenvalue weighted by Crippen LogP contribution is -2.32. The predicted octanol–water partition coefficient (Wildman–Crippen LogP) is 6.85. The van der Waals surface area contributed by atoms with E-state index in [-0.39, 0.29) is 11.7 Å². The topological polar surface area (TPSA) is 107 Å². The molecule has 1 aliphatic carbocycles. The van der Waals surface area contributed by atoms with Gasteiger partial charge in [-0.1, -0.05) is 12.1 Å². The maximum atomic E-state index is 12.7. The Morgan fingerprint density at radius 2 is 1.98 bits per heavy atom. The van der Waals surface area contributed by atoms with Gasteiger partial charge in [0.25, 0.3) is 0 Å². The van der Waals surface area contributed by atoms with Gasteiger partial charge in [-0.2, -0.15) is 23.5 Å². The molecule has 0 aliphatic heterocycles. The molecule has 1 aliphatic rings. The molecule has 2 aromatic carbocycles. The van der Waals surface area contributed by atoms with Crippen LogP contribution in [0.15, 0.2) is 55.1 Å². The molecule has 1 unspecified atom stereocenters. The molecule has 1 amide bonds. The molecule has 214 valence electrons. The van der Waals surface area contributed by atoms with E-state index in [0.29, 0.717) is 12.2 Å². The number of carbonyl (C=O) groups is 1. The standard InChI is InChI=1S/C29H29F3N6O3/c1-19(29(30,31)32)41-28(39)36-21-9-7-20(8-10-21)27-25(16-33)24-12-11-23(15-26(24)38(27)22-5-4-6-22)40-14-3-2-13-37-18-34-17-35-37/h7-12,15,17-19,22H,2-6,13-14H2,1H3,(H,36,39). The summed E-state index contributed by atoms with van der Waals surface area (Å²) >= 11 is 0. The normalized spacial score (nSPS) is 14.3. The molecular formula is C29H29F3N6O3. The van der Waals surface area contributed by atoms with Crippen molar-refractivity contribution in [2.45, 2.75) is 63.9 Å². The van der Waals surface area contributed by atoms with E-state index in [1.54, 1.807) is 35.3 Å². The zero-order valence-electron chi connectivity index (χ0n) is 22.4. The van der Waals surface area contributed by atoms with E-state index in [1.165, 1.54) is 6.33 Å². The zero-order chi connectivity index (χ0) is 29.0. The molecule has 1 N–H and O–H groups in total. The molecule has 5 rings (SSSR count). The van der Waals surface area contributed by atoms with Crippen LogP contribution in [0.3, 0.4) is 0 Å². The molecule has 0 saturated heterocycles. The Kier molecular flexibility index (Phi) is 8.14. The van der Waals surface area contributed by atoms with E-state index >= 15 is 0 Å². The van der Waals surface area contributed by atoms with Gasteiger partial charge in [0.05, 0.1) is 23.4 Å². The fourth-order valence-corrected chi connectivity index (χ4v) is 4.80. The molecule has 41 heavy (non-hydrogen) atoms. The average molecular weight is 567 g/mol. The maximum absolute atomic E-state index is 12.7. The van der Waals surface area contributed by atoms with Crippen LogP contribution in [0, 0.1) is 11.3 Å². The van der Waals surface area contributed by atoms with Crippen LogP contribution in [0.25, 0.3) is 22.2 Å². The number of ether oxygens (including phenoxy) is 2. The van der Waals surface area contributed by atoms with Crippen LogP contribution in [0.5, 0.6) is 5.75 Å². The highest BCUT2D eigenvalue weighted by molar-refractivity contribution is 5.96. The highest BCUT2D eigenvalue weighted by atomic mass is 19.4. The number of rotatable bonds is 10. The summed E-state index contributed by atoms with van der Waals surface area (Å²) in [6, 6.07) is 15.0. The molecule has 1 atom stereocenters. The lowest BCUT2D eigenvalue weighted by atomic mass is 9.92. The van der Waals surface area contributed by atoms with E-state index < -0.39 is 18.4 Å². The van der Waals surface area contributed by atoms with E-state index in [0.717, 1.165) is 73.5 Å². The zero-order valence-corrected chi connectivity index (χ0v) is 22.4. The number of anilines is 1. The van der Waals surface area contributed by atoms with Gasteiger partial charge in [0, 0.05) is 29.7 Å². The fourth-order valence-electron chi connectivity index (χ4n) is 4.80. The van der Waals surface area contributed by atoms with Crippen LogP contribution < -0.4 is 10.1 Å². The number of aryl methyl sites for hydroxylation is 1. The second kappa shape index (κ2) is 11.9. The van der Waals surface area contributed by atoms with Crippen molar-refractivity contribution >= 4 is 22.7 Å². The van der Waals surface area contributed by atoms with Gasteiger partial charge in [-0.05, 0) is 68.9 Å². The third-order valence-electron chi connectivity index (χ3n) is 7.19. The summed E-state index contributed by atoms with van der Waals surface area (Å²) in [5.74, 6) is 0.721.